The molecule has 70 valence electrons. The minimum atomic E-state index is -3.60. The Hall–Kier alpha value is -1.36. The van der Waals surface area contributed by atoms with Crippen LogP contribution in [0.5, 0.6) is 0 Å². The Bertz CT molecular complexity index is 393. The van der Waals surface area contributed by atoms with Crippen molar-refractivity contribution in [2.75, 3.05) is 5.75 Å². The molecule has 0 saturated carbocycles. The van der Waals surface area contributed by atoms with Gasteiger partial charge in [-0.3, -0.25) is 0 Å². The first-order chi connectivity index (χ1) is 6.02. The van der Waals surface area contributed by atoms with Crippen molar-refractivity contribution in [3.05, 3.63) is 30.3 Å². The highest BCUT2D eigenvalue weighted by atomic mass is 32.2. The lowest BCUT2D eigenvalue weighted by Crippen LogP contribution is -2.15. The SMILES string of the molecule is O=C([OH2+])CS(=O)(=O)c1ccccc1. The number of carbonyl (C=O) groups is 1. The summed E-state index contributed by atoms with van der Waals surface area (Å²) in [6, 6.07) is 7.63. The summed E-state index contributed by atoms with van der Waals surface area (Å²) < 4.78 is 22.6. The van der Waals surface area contributed by atoms with E-state index in [1.54, 1.807) is 18.2 Å². The number of rotatable bonds is 3. The van der Waals surface area contributed by atoms with Crippen molar-refractivity contribution in [3.63, 3.8) is 0 Å². The number of hydrogen-bond donors (Lipinski definition) is 0. The normalized spacial score (nSPS) is 11.1. The minimum Gasteiger partial charge on any atom is -0.564 e. The molecular weight excluding hydrogens is 192 g/mol. The molecule has 0 fully saturated rings. The number of sulfone groups is 1. The fourth-order valence-corrected chi connectivity index (χ4v) is 1.97. The summed E-state index contributed by atoms with van der Waals surface area (Å²) in [7, 11) is -3.60. The summed E-state index contributed by atoms with van der Waals surface area (Å²) in [6.45, 7) is 0. The molecular formula is C8H9O4S+. The van der Waals surface area contributed by atoms with E-state index >= 15 is 0 Å². The van der Waals surface area contributed by atoms with Crippen molar-refractivity contribution in [2.45, 2.75) is 4.90 Å². The highest BCUT2D eigenvalue weighted by Gasteiger charge is 2.22. The van der Waals surface area contributed by atoms with Crippen LogP contribution in [0.15, 0.2) is 35.2 Å². The van der Waals surface area contributed by atoms with Crippen LogP contribution in [0.2, 0.25) is 0 Å². The molecule has 0 aliphatic rings. The van der Waals surface area contributed by atoms with Crippen LogP contribution in [0.4, 0.5) is 0 Å². The highest BCUT2D eigenvalue weighted by molar-refractivity contribution is 7.92. The molecule has 1 aromatic carbocycles. The summed E-state index contributed by atoms with van der Waals surface area (Å²) in [4.78, 5) is 10.4. The fraction of sp³-hybridized carbons (Fsp3) is 0.125. The first-order valence-corrected chi connectivity index (χ1v) is 5.20. The molecule has 1 rings (SSSR count). The largest absolute Gasteiger partial charge is 0.564 e. The zero-order valence-electron chi connectivity index (χ0n) is 6.73. The van der Waals surface area contributed by atoms with Crippen molar-refractivity contribution >= 4 is 15.8 Å². The number of benzene rings is 1. The molecule has 0 bridgehead atoms. The lowest BCUT2D eigenvalue weighted by molar-refractivity contribution is -0.134. The minimum absolute atomic E-state index is 0.0793. The van der Waals surface area contributed by atoms with Crippen molar-refractivity contribution < 1.29 is 18.3 Å². The zero-order valence-corrected chi connectivity index (χ0v) is 7.54. The van der Waals surface area contributed by atoms with Crippen LogP contribution in [0.3, 0.4) is 0 Å². The Morgan fingerprint density at radius 1 is 1.23 bits per heavy atom. The molecule has 0 aliphatic carbocycles. The molecule has 0 saturated heterocycles. The lowest BCUT2D eigenvalue weighted by Gasteiger charge is -1.97. The van der Waals surface area contributed by atoms with Gasteiger partial charge in [0.05, 0.1) is 4.90 Å². The first kappa shape index (κ1) is 9.73. The monoisotopic (exact) mass is 201 g/mol. The van der Waals surface area contributed by atoms with E-state index in [9.17, 15) is 13.2 Å². The van der Waals surface area contributed by atoms with Crippen molar-refractivity contribution in [1.29, 1.82) is 0 Å². The van der Waals surface area contributed by atoms with Gasteiger partial charge in [0, 0.05) is 4.79 Å². The van der Waals surface area contributed by atoms with Gasteiger partial charge in [-0.05, 0) is 12.1 Å². The Labute approximate surface area is 75.7 Å². The van der Waals surface area contributed by atoms with Gasteiger partial charge in [0.15, 0.2) is 9.84 Å². The van der Waals surface area contributed by atoms with Gasteiger partial charge in [0.25, 0.3) is 0 Å². The maximum absolute atomic E-state index is 11.3. The van der Waals surface area contributed by atoms with Gasteiger partial charge >= 0.3 is 5.97 Å². The zero-order chi connectivity index (χ0) is 9.90. The smallest absolute Gasteiger partial charge is 0.531 e. The van der Waals surface area contributed by atoms with Gasteiger partial charge < -0.3 is 5.11 Å². The summed E-state index contributed by atoms with van der Waals surface area (Å²) in [5.74, 6) is -1.85. The summed E-state index contributed by atoms with van der Waals surface area (Å²) in [5.41, 5.74) is 0. The van der Waals surface area contributed by atoms with Crippen LogP contribution < -0.4 is 0 Å². The Morgan fingerprint density at radius 2 is 1.77 bits per heavy atom. The second-order valence-corrected chi connectivity index (χ2v) is 4.48. The van der Waals surface area contributed by atoms with E-state index in [1.165, 1.54) is 12.1 Å². The third-order valence-electron chi connectivity index (χ3n) is 1.42. The van der Waals surface area contributed by atoms with E-state index < -0.39 is 21.6 Å². The number of hydrogen-bond acceptors (Lipinski definition) is 3. The summed E-state index contributed by atoms with van der Waals surface area (Å²) in [6.07, 6.45) is 0. The van der Waals surface area contributed by atoms with Gasteiger partial charge in [-0.25, -0.2) is 8.42 Å². The van der Waals surface area contributed by atoms with Crippen LogP contribution >= 0.6 is 0 Å². The standard InChI is InChI=1S/C8H8O4S/c9-8(10)6-13(11,12)7-4-2-1-3-5-7/h1-5H,6H2,(H,9,10)/p+1. The van der Waals surface area contributed by atoms with E-state index in [-0.39, 0.29) is 4.90 Å². The molecule has 0 radical (unpaired) electrons. The Balaban J connectivity index is 3.02. The van der Waals surface area contributed by atoms with E-state index in [2.05, 4.69) is 0 Å². The molecule has 5 heteroatoms. The van der Waals surface area contributed by atoms with E-state index in [1.807, 2.05) is 0 Å². The molecule has 4 nitrogen and oxygen atoms in total. The van der Waals surface area contributed by atoms with Crippen LogP contribution in [0, 0.1) is 0 Å². The molecule has 0 atom stereocenters. The average molecular weight is 201 g/mol. The molecule has 0 heterocycles. The van der Waals surface area contributed by atoms with Crippen LogP contribution in [0.25, 0.3) is 0 Å². The second-order valence-electron chi connectivity index (χ2n) is 2.50. The third kappa shape index (κ3) is 2.55. The summed E-state index contributed by atoms with van der Waals surface area (Å²) in [5, 5.41) is 6.56. The van der Waals surface area contributed by atoms with Crippen LogP contribution in [-0.2, 0) is 14.6 Å². The van der Waals surface area contributed by atoms with Crippen molar-refractivity contribution in [1.82, 2.24) is 0 Å². The quantitative estimate of drug-likeness (QED) is 0.631. The van der Waals surface area contributed by atoms with E-state index in [0.717, 1.165) is 0 Å². The van der Waals surface area contributed by atoms with Gasteiger partial charge in [0.2, 0.25) is 5.75 Å². The van der Waals surface area contributed by atoms with Gasteiger partial charge in [-0.1, -0.05) is 18.2 Å². The highest BCUT2D eigenvalue weighted by Crippen LogP contribution is 2.09. The van der Waals surface area contributed by atoms with Crippen molar-refractivity contribution in [3.8, 4) is 0 Å². The third-order valence-corrected chi connectivity index (χ3v) is 3.06. The van der Waals surface area contributed by atoms with E-state index in [0.29, 0.717) is 0 Å². The van der Waals surface area contributed by atoms with Gasteiger partial charge in [-0.2, -0.15) is 0 Å². The lowest BCUT2D eigenvalue weighted by atomic mass is 10.4. The average Bonchev–Trinajstić information content (AvgIpc) is 2.04. The molecule has 1 aromatic rings. The number of carbonyl (C=O) groups excluding carboxylic acids is 1. The first-order valence-electron chi connectivity index (χ1n) is 3.54. The molecule has 0 aromatic heterocycles. The van der Waals surface area contributed by atoms with Crippen LogP contribution in [-0.4, -0.2) is 25.2 Å². The van der Waals surface area contributed by atoms with E-state index in [4.69, 9.17) is 5.11 Å². The Kier molecular flexibility index (Phi) is 2.67. The fourth-order valence-electron chi connectivity index (χ4n) is 0.884. The topological polar surface area (TPSA) is 74.1 Å². The van der Waals surface area contributed by atoms with Crippen molar-refractivity contribution in [2.24, 2.45) is 0 Å². The molecule has 0 amide bonds. The maximum Gasteiger partial charge on any atom is 0.531 e. The molecule has 0 aliphatic heterocycles. The van der Waals surface area contributed by atoms with Crippen LogP contribution in [0.1, 0.15) is 0 Å². The van der Waals surface area contributed by atoms with Gasteiger partial charge in [-0.15, -0.1) is 0 Å². The molecule has 0 spiro atoms. The molecule has 13 heavy (non-hydrogen) atoms. The molecule has 2 N–H and O–H groups in total. The van der Waals surface area contributed by atoms with Gasteiger partial charge in [0.1, 0.15) is 0 Å². The predicted molar refractivity (Wildman–Crippen MR) is 47.1 cm³/mol. The molecule has 0 unspecified atom stereocenters. The predicted octanol–water partition coefficient (Wildman–Crippen LogP) is -0.288. The Morgan fingerprint density at radius 3 is 2.23 bits per heavy atom. The second kappa shape index (κ2) is 3.57. The summed E-state index contributed by atoms with van der Waals surface area (Å²) >= 11 is 0. The maximum atomic E-state index is 11.3.